The first-order valence-corrected chi connectivity index (χ1v) is 4.75. The first-order chi connectivity index (χ1) is 4.74. The van der Waals surface area contributed by atoms with Crippen molar-refractivity contribution >= 4 is 33.0 Å². The summed E-state index contributed by atoms with van der Waals surface area (Å²) in [4.78, 5) is 14.9. The van der Waals surface area contributed by atoms with Gasteiger partial charge in [0.1, 0.15) is 0 Å². The van der Waals surface area contributed by atoms with Crippen LogP contribution in [0.25, 0.3) is 0 Å². The van der Waals surface area contributed by atoms with Gasteiger partial charge in [-0.2, -0.15) is 0 Å². The maximum absolute atomic E-state index is 10.9. The van der Waals surface area contributed by atoms with E-state index in [1.165, 1.54) is 11.3 Å². The van der Waals surface area contributed by atoms with Gasteiger partial charge in [-0.1, -0.05) is 15.9 Å². The van der Waals surface area contributed by atoms with Crippen LogP contribution in [0.15, 0.2) is 5.38 Å². The lowest BCUT2D eigenvalue weighted by molar-refractivity contribution is 0.102. The van der Waals surface area contributed by atoms with E-state index >= 15 is 0 Å². The Kier molecular flexibility index (Phi) is 2.56. The first kappa shape index (κ1) is 7.88. The Morgan fingerprint density at radius 3 is 3.00 bits per heavy atom. The van der Waals surface area contributed by atoms with E-state index < -0.39 is 0 Å². The van der Waals surface area contributed by atoms with E-state index in [0.717, 1.165) is 5.69 Å². The Balaban J connectivity index is 2.85. The second-order valence-electron chi connectivity index (χ2n) is 1.85. The number of aryl methyl sites for hydroxylation is 1. The second-order valence-corrected chi connectivity index (χ2v) is 3.27. The van der Waals surface area contributed by atoms with Crippen molar-refractivity contribution in [1.82, 2.24) is 4.98 Å². The smallest absolute Gasteiger partial charge is 0.201 e. The van der Waals surface area contributed by atoms with Crippen LogP contribution in [0.4, 0.5) is 0 Å². The number of halogens is 1. The summed E-state index contributed by atoms with van der Waals surface area (Å²) in [6.07, 6.45) is 0. The van der Waals surface area contributed by atoms with Crippen LogP contribution in [0.3, 0.4) is 0 Å². The van der Waals surface area contributed by atoms with Crippen LogP contribution in [0, 0.1) is 6.92 Å². The Morgan fingerprint density at radius 2 is 2.60 bits per heavy atom. The summed E-state index contributed by atoms with van der Waals surface area (Å²) < 4.78 is 0. The van der Waals surface area contributed by atoms with Gasteiger partial charge in [-0.25, -0.2) is 4.98 Å². The molecule has 0 fully saturated rings. The summed E-state index contributed by atoms with van der Waals surface area (Å²) in [5.41, 5.74) is 0.911. The van der Waals surface area contributed by atoms with Gasteiger partial charge >= 0.3 is 0 Å². The van der Waals surface area contributed by atoms with Crippen molar-refractivity contribution in [2.45, 2.75) is 6.92 Å². The minimum Gasteiger partial charge on any atom is -0.291 e. The number of Topliss-reactive ketones (excluding diaryl/α,β-unsaturated/α-hetero) is 1. The topological polar surface area (TPSA) is 30.0 Å². The molecule has 0 aromatic carbocycles. The lowest BCUT2D eigenvalue weighted by Crippen LogP contribution is -1.98. The van der Waals surface area contributed by atoms with Gasteiger partial charge in [0.15, 0.2) is 5.01 Å². The van der Waals surface area contributed by atoms with E-state index in [4.69, 9.17) is 0 Å². The van der Waals surface area contributed by atoms with Crippen LogP contribution in [0.1, 0.15) is 15.5 Å². The van der Waals surface area contributed by atoms with Crippen LogP contribution in [0.2, 0.25) is 0 Å². The maximum atomic E-state index is 10.9. The second kappa shape index (κ2) is 3.25. The van der Waals surface area contributed by atoms with E-state index in [0.29, 0.717) is 10.3 Å². The summed E-state index contributed by atoms with van der Waals surface area (Å²) in [6.45, 7) is 1.88. The van der Waals surface area contributed by atoms with E-state index in [9.17, 15) is 4.79 Å². The summed E-state index contributed by atoms with van der Waals surface area (Å²) in [5.74, 6) is 0.0538. The van der Waals surface area contributed by atoms with E-state index in [2.05, 4.69) is 20.9 Å². The molecule has 1 heterocycles. The molecule has 0 amide bonds. The van der Waals surface area contributed by atoms with E-state index in [-0.39, 0.29) is 5.78 Å². The SMILES string of the molecule is Cc1csc(C(=O)CBr)n1. The quantitative estimate of drug-likeness (QED) is 0.563. The molecule has 1 aromatic heterocycles. The summed E-state index contributed by atoms with van der Waals surface area (Å²) in [7, 11) is 0. The maximum Gasteiger partial charge on any atom is 0.201 e. The molecule has 0 unspecified atom stereocenters. The third kappa shape index (κ3) is 1.64. The summed E-state index contributed by atoms with van der Waals surface area (Å²) >= 11 is 4.47. The molecule has 0 bridgehead atoms. The van der Waals surface area contributed by atoms with Gasteiger partial charge in [0.2, 0.25) is 5.78 Å². The van der Waals surface area contributed by atoms with Crippen molar-refractivity contribution in [2.24, 2.45) is 0 Å². The number of aromatic nitrogens is 1. The lowest BCUT2D eigenvalue weighted by atomic mass is 10.5. The average Bonchev–Trinajstić information content (AvgIpc) is 2.34. The fraction of sp³-hybridized carbons (Fsp3) is 0.333. The molecule has 1 aromatic rings. The number of alkyl halides is 1. The molecule has 0 saturated carbocycles. The molecule has 0 radical (unpaired) electrons. The third-order valence-corrected chi connectivity index (χ3v) is 2.49. The summed E-state index contributed by atoms with van der Waals surface area (Å²) in [5, 5.41) is 2.82. The molecule has 0 saturated heterocycles. The van der Waals surface area contributed by atoms with Crippen LogP contribution >= 0.6 is 27.3 Å². The van der Waals surface area contributed by atoms with Gasteiger partial charge in [0.05, 0.1) is 5.33 Å². The number of hydrogen-bond donors (Lipinski definition) is 0. The first-order valence-electron chi connectivity index (χ1n) is 2.75. The van der Waals surface area contributed by atoms with Crippen molar-refractivity contribution in [3.8, 4) is 0 Å². The van der Waals surface area contributed by atoms with Gasteiger partial charge in [0, 0.05) is 11.1 Å². The van der Waals surface area contributed by atoms with Crippen LogP contribution in [0.5, 0.6) is 0 Å². The van der Waals surface area contributed by atoms with Crippen molar-refractivity contribution in [3.63, 3.8) is 0 Å². The highest BCUT2D eigenvalue weighted by Gasteiger charge is 2.06. The van der Waals surface area contributed by atoms with E-state index in [1.807, 2.05) is 12.3 Å². The molecule has 0 aliphatic heterocycles. The fourth-order valence-corrected chi connectivity index (χ4v) is 1.73. The Labute approximate surface area is 71.4 Å². The number of carbonyl (C=O) groups is 1. The standard InChI is InChI=1S/C6H6BrNOS/c1-4-3-10-6(8-4)5(9)2-7/h3H,2H2,1H3. The normalized spacial score (nSPS) is 9.80. The molecule has 0 atom stereocenters. The number of hydrogen-bond acceptors (Lipinski definition) is 3. The van der Waals surface area contributed by atoms with Gasteiger partial charge < -0.3 is 0 Å². The monoisotopic (exact) mass is 219 g/mol. The molecule has 0 aliphatic rings. The van der Waals surface area contributed by atoms with Crippen molar-refractivity contribution < 1.29 is 4.79 Å². The highest BCUT2D eigenvalue weighted by Crippen LogP contribution is 2.09. The molecule has 2 nitrogen and oxygen atoms in total. The Bertz CT molecular complexity index is 246. The number of nitrogens with zero attached hydrogens (tertiary/aromatic N) is 1. The molecule has 1 rings (SSSR count). The van der Waals surface area contributed by atoms with Crippen molar-refractivity contribution in [3.05, 3.63) is 16.1 Å². The Morgan fingerprint density at radius 1 is 1.90 bits per heavy atom. The van der Waals surface area contributed by atoms with Crippen molar-refractivity contribution in [2.75, 3.05) is 5.33 Å². The number of rotatable bonds is 2. The third-order valence-electron chi connectivity index (χ3n) is 0.979. The molecule has 0 aliphatic carbocycles. The minimum absolute atomic E-state index is 0.0538. The molecule has 10 heavy (non-hydrogen) atoms. The zero-order chi connectivity index (χ0) is 7.56. The van der Waals surface area contributed by atoms with Crippen molar-refractivity contribution in [1.29, 1.82) is 0 Å². The number of thiazole rings is 1. The molecule has 54 valence electrons. The largest absolute Gasteiger partial charge is 0.291 e. The van der Waals surface area contributed by atoms with Gasteiger partial charge in [-0.15, -0.1) is 11.3 Å². The van der Waals surface area contributed by atoms with Gasteiger partial charge in [-0.3, -0.25) is 4.79 Å². The van der Waals surface area contributed by atoms with Gasteiger partial charge in [-0.05, 0) is 6.92 Å². The number of ketones is 1. The van der Waals surface area contributed by atoms with E-state index in [1.54, 1.807) is 0 Å². The van der Waals surface area contributed by atoms with Crippen LogP contribution in [-0.2, 0) is 0 Å². The predicted octanol–water partition coefficient (Wildman–Crippen LogP) is 2.03. The lowest BCUT2D eigenvalue weighted by Gasteiger charge is -1.84. The average molecular weight is 220 g/mol. The molecular formula is C6H6BrNOS. The summed E-state index contributed by atoms with van der Waals surface area (Å²) in [6, 6.07) is 0. The minimum atomic E-state index is 0.0538. The molecular weight excluding hydrogens is 214 g/mol. The van der Waals surface area contributed by atoms with Crippen LogP contribution in [-0.4, -0.2) is 16.1 Å². The highest BCUT2D eigenvalue weighted by molar-refractivity contribution is 9.09. The fourth-order valence-electron chi connectivity index (χ4n) is 0.539. The molecule has 4 heteroatoms. The molecule has 0 spiro atoms. The zero-order valence-corrected chi connectivity index (χ0v) is 7.83. The van der Waals surface area contributed by atoms with Gasteiger partial charge in [0.25, 0.3) is 0 Å². The van der Waals surface area contributed by atoms with Crippen LogP contribution < -0.4 is 0 Å². The molecule has 0 N–H and O–H groups in total. The predicted molar refractivity (Wildman–Crippen MR) is 45.0 cm³/mol. The number of carbonyl (C=O) groups excluding carboxylic acids is 1. The zero-order valence-electron chi connectivity index (χ0n) is 5.43. The highest BCUT2D eigenvalue weighted by atomic mass is 79.9. The Hall–Kier alpha value is -0.220.